The van der Waals surface area contributed by atoms with Gasteiger partial charge in [-0.2, -0.15) is 0 Å². The lowest BCUT2D eigenvalue weighted by Gasteiger charge is -2.14. The second-order valence-electron chi connectivity index (χ2n) is 4.84. The summed E-state index contributed by atoms with van der Waals surface area (Å²) >= 11 is 0. The second kappa shape index (κ2) is 4.02. The van der Waals surface area contributed by atoms with Crippen LogP contribution in [0.15, 0.2) is 12.5 Å². The highest BCUT2D eigenvalue weighted by Crippen LogP contribution is 2.22. The Morgan fingerprint density at radius 2 is 2.12 bits per heavy atom. The van der Waals surface area contributed by atoms with Gasteiger partial charge in [0, 0.05) is 18.9 Å². The summed E-state index contributed by atoms with van der Waals surface area (Å²) < 4.78 is 4.43. The van der Waals surface area contributed by atoms with Crippen LogP contribution in [-0.4, -0.2) is 19.1 Å². The number of aromatic nitrogens is 4. The summed E-state index contributed by atoms with van der Waals surface area (Å²) in [6.45, 7) is 3.00. The summed E-state index contributed by atoms with van der Waals surface area (Å²) in [4.78, 5) is 8.87. The molecular weight excluding hydrogens is 212 g/mol. The van der Waals surface area contributed by atoms with Crippen LogP contribution in [-0.2, 0) is 26.4 Å². The van der Waals surface area contributed by atoms with E-state index in [9.17, 15) is 0 Å². The lowest BCUT2D eigenvalue weighted by Crippen LogP contribution is -2.12. The molecule has 0 saturated heterocycles. The molecule has 4 nitrogen and oxygen atoms in total. The van der Waals surface area contributed by atoms with Gasteiger partial charge in [0.15, 0.2) is 0 Å². The van der Waals surface area contributed by atoms with Crippen LogP contribution < -0.4 is 0 Å². The quantitative estimate of drug-likeness (QED) is 0.789. The van der Waals surface area contributed by atoms with E-state index in [1.807, 2.05) is 19.6 Å². The largest absolute Gasteiger partial charge is 0.336 e. The lowest BCUT2D eigenvalue weighted by atomic mass is 10.0. The zero-order valence-electron chi connectivity index (χ0n) is 10.5. The van der Waals surface area contributed by atoms with Crippen LogP contribution in [0.2, 0.25) is 0 Å². The van der Waals surface area contributed by atoms with Gasteiger partial charge >= 0.3 is 0 Å². The van der Waals surface area contributed by atoms with Crippen molar-refractivity contribution in [1.29, 1.82) is 0 Å². The summed E-state index contributed by atoms with van der Waals surface area (Å²) in [5, 5.41) is 0. The highest BCUT2D eigenvalue weighted by Gasteiger charge is 2.18. The molecular formula is C13H18N4. The van der Waals surface area contributed by atoms with E-state index in [2.05, 4.69) is 21.0 Å². The van der Waals surface area contributed by atoms with Gasteiger partial charge in [0.1, 0.15) is 5.82 Å². The summed E-state index contributed by atoms with van der Waals surface area (Å²) in [5.41, 5.74) is 3.99. The predicted molar refractivity (Wildman–Crippen MR) is 65.9 cm³/mol. The first-order valence-corrected chi connectivity index (χ1v) is 6.26. The van der Waals surface area contributed by atoms with E-state index in [0.29, 0.717) is 0 Å². The van der Waals surface area contributed by atoms with Crippen molar-refractivity contribution < 1.29 is 0 Å². The third-order valence-corrected chi connectivity index (χ3v) is 3.66. The molecule has 2 aromatic heterocycles. The molecule has 0 bridgehead atoms. The van der Waals surface area contributed by atoms with Crippen LogP contribution in [0.3, 0.4) is 0 Å². The van der Waals surface area contributed by atoms with E-state index in [1.54, 1.807) is 0 Å². The first-order chi connectivity index (χ1) is 8.25. The fraction of sp³-hybridized carbons (Fsp3) is 0.538. The van der Waals surface area contributed by atoms with Crippen molar-refractivity contribution >= 4 is 0 Å². The number of hydrogen-bond acceptors (Lipinski definition) is 2. The van der Waals surface area contributed by atoms with Crippen molar-refractivity contribution in [3.8, 4) is 0 Å². The topological polar surface area (TPSA) is 35.6 Å². The van der Waals surface area contributed by atoms with Gasteiger partial charge < -0.3 is 9.13 Å². The van der Waals surface area contributed by atoms with Crippen LogP contribution in [0.25, 0.3) is 0 Å². The number of hydrogen-bond donors (Lipinski definition) is 0. The van der Waals surface area contributed by atoms with E-state index >= 15 is 0 Å². The van der Waals surface area contributed by atoms with Crippen molar-refractivity contribution in [3.05, 3.63) is 35.4 Å². The number of rotatable bonds is 2. The predicted octanol–water partition coefficient (Wildman–Crippen LogP) is 1.85. The van der Waals surface area contributed by atoms with Crippen LogP contribution in [0.1, 0.15) is 35.7 Å². The van der Waals surface area contributed by atoms with Crippen molar-refractivity contribution in [2.24, 2.45) is 7.05 Å². The zero-order valence-corrected chi connectivity index (χ0v) is 10.5. The third-order valence-electron chi connectivity index (χ3n) is 3.66. The molecule has 0 spiro atoms. The minimum Gasteiger partial charge on any atom is -0.336 e. The van der Waals surface area contributed by atoms with Crippen molar-refractivity contribution in [1.82, 2.24) is 19.1 Å². The van der Waals surface area contributed by atoms with Crippen LogP contribution >= 0.6 is 0 Å². The summed E-state index contributed by atoms with van der Waals surface area (Å²) in [6.07, 6.45) is 8.70. The molecule has 0 aromatic carbocycles. The Kier molecular flexibility index (Phi) is 2.50. The minimum absolute atomic E-state index is 0.894. The summed E-state index contributed by atoms with van der Waals surface area (Å²) in [6, 6.07) is 0. The molecule has 0 atom stereocenters. The monoisotopic (exact) mass is 230 g/mol. The fourth-order valence-corrected chi connectivity index (χ4v) is 2.64. The molecule has 17 heavy (non-hydrogen) atoms. The SMILES string of the molecule is Cc1nc2c(n1Cc1cncn1C)CCCC2. The summed E-state index contributed by atoms with van der Waals surface area (Å²) in [7, 11) is 2.04. The van der Waals surface area contributed by atoms with E-state index < -0.39 is 0 Å². The molecule has 0 fully saturated rings. The molecule has 1 aliphatic carbocycles. The molecule has 2 aromatic rings. The average Bonchev–Trinajstić information content (AvgIpc) is 2.85. The average molecular weight is 230 g/mol. The molecule has 0 unspecified atom stereocenters. The van der Waals surface area contributed by atoms with Gasteiger partial charge in [-0.15, -0.1) is 0 Å². The Balaban J connectivity index is 1.98. The Hall–Kier alpha value is -1.58. The number of aryl methyl sites for hydroxylation is 3. The van der Waals surface area contributed by atoms with Gasteiger partial charge in [-0.25, -0.2) is 9.97 Å². The highest BCUT2D eigenvalue weighted by molar-refractivity contribution is 5.21. The van der Waals surface area contributed by atoms with Crippen molar-refractivity contribution in [3.63, 3.8) is 0 Å². The van der Waals surface area contributed by atoms with Gasteiger partial charge in [-0.05, 0) is 32.6 Å². The zero-order chi connectivity index (χ0) is 11.8. The van der Waals surface area contributed by atoms with Gasteiger partial charge in [0.05, 0.1) is 24.3 Å². The van der Waals surface area contributed by atoms with Gasteiger partial charge in [-0.1, -0.05) is 0 Å². The molecule has 90 valence electrons. The van der Waals surface area contributed by atoms with Gasteiger partial charge in [-0.3, -0.25) is 0 Å². The van der Waals surface area contributed by atoms with E-state index in [4.69, 9.17) is 4.98 Å². The molecule has 0 aliphatic heterocycles. The Bertz CT molecular complexity index is 536. The Morgan fingerprint density at radius 1 is 1.29 bits per heavy atom. The highest BCUT2D eigenvalue weighted by atomic mass is 15.1. The smallest absolute Gasteiger partial charge is 0.106 e. The van der Waals surface area contributed by atoms with Gasteiger partial charge in [0.2, 0.25) is 0 Å². The first kappa shape index (κ1) is 10.6. The lowest BCUT2D eigenvalue weighted by molar-refractivity contribution is 0.613. The van der Waals surface area contributed by atoms with Crippen LogP contribution in [0.5, 0.6) is 0 Å². The van der Waals surface area contributed by atoms with E-state index in [0.717, 1.165) is 18.8 Å². The molecule has 3 rings (SSSR count). The second-order valence-corrected chi connectivity index (χ2v) is 4.84. The maximum Gasteiger partial charge on any atom is 0.106 e. The van der Waals surface area contributed by atoms with Crippen LogP contribution in [0.4, 0.5) is 0 Å². The number of imidazole rings is 2. The van der Waals surface area contributed by atoms with Gasteiger partial charge in [0.25, 0.3) is 0 Å². The first-order valence-electron chi connectivity index (χ1n) is 6.26. The summed E-state index contributed by atoms with van der Waals surface area (Å²) in [5.74, 6) is 1.14. The standard InChI is InChI=1S/C13H18N4/c1-10-15-12-5-3-4-6-13(12)17(10)8-11-7-14-9-16(11)2/h7,9H,3-6,8H2,1-2H3. The molecule has 0 amide bonds. The molecule has 0 N–H and O–H groups in total. The third kappa shape index (κ3) is 1.77. The molecule has 2 heterocycles. The molecule has 0 saturated carbocycles. The molecule has 1 aliphatic rings. The number of fused-ring (bicyclic) bond motifs is 1. The fourth-order valence-electron chi connectivity index (χ4n) is 2.64. The number of nitrogens with zero attached hydrogens (tertiary/aromatic N) is 4. The van der Waals surface area contributed by atoms with E-state index in [1.165, 1.54) is 36.3 Å². The van der Waals surface area contributed by atoms with Crippen molar-refractivity contribution in [2.75, 3.05) is 0 Å². The Labute approximate surface area is 101 Å². The van der Waals surface area contributed by atoms with Crippen molar-refractivity contribution in [2.45, 2.75) is 39.2 Å². The molecule has 4 heteroatoms. The Morgan fingerprint density at radius 3 is 2.88 bits per heavy atom. The maximum absolute atomic E-state index is 4.69. The molecule has 0 radical (unpaired) electrons. The minimum atomic E-state index is 0.894. The van der Waals surface area contributed by atoms with Crippen LogP contribution in [0, 0.1) is 6.92 Å². The van der Waals surface area contributed by atoms with E-state index in [-0.39, 0.29) is 0 Å². The normalized spacial score (nSPS) is 14.9. The maximum atomic E-state index is 4.69.